The summed E-state index contributed by atoms with van der Waals surface area (Å²) in [6, 6.07) is 1.34. The number of aromatic nitrogens is 1. The maximum absolute atomic E-state index is 13.6. The Balaban J connectivity index is 2.17. The average Bonchev–Trinajstić information content (AvgIpc) is 2.23. The molecule has 2 N–H and O–H groups in total. The molecule has 1 aromatic heterocycles. The van der Waals surface area contributed by atoms with Gasteiger partial charge in [-0.05, 0) is 6.07 Å². The molecule has 0 bridgehead atoms. The van der Waals surface area contributed by atoms with Crippen molar-refractivity contribution in [3.8, 4) is 0 Å². The Morgan fingerprint density at radius 1 is 1.31 bits per heavy atom. The van der Waals surface area contributed by atoms with E-state index in [-0.39, 0.29) is 37.4 Å². The number of pyridine rings is 1. The zero-order valence-electron chi connectivity index (χ0n) is 8.59. The van der Waals surface area contributed by atoms with E-state index in [9.17, 15) is 13.2 Å². The van der Waals surface area contributed by atoms with Gasteiger partial charge in [0.1, 0.15) is 0 Å². The number of halogens is 3. The van der Waals surface area contributed by atoms with Crippen molar-refractivity contribution in [1.82, 2.24) is 4.98 Å². The molecular weight excluding hydrogens is 219 g/mol. The van der Waals surface area contributed by atoms with Gasteiger partial charge in [0.15, 0.2) is 11.6 Å². The molecule has 1 aliphatic rings. The highest BCUT2D eigenvalue weighted by Crippen LogP contribution is 2.31. The zero-order chi connectivity index (χ0) is 11.8. The lowest BCUT2D eigenvalue weighted by molar-refractivity contribution is -0.0222. The lowest BCUT2D eigenvalue weighted by atomic mass is 10.1. The van der Waals surface area contributed by atoms with Crippen LogP contribution in [0.3, 0.4) is 0 Å². The van der Waals surface area contributed by atoms with Crippen LogP contribution in [0.5, 0.6) is 0 Å². The number of nitrogen functional groups attached to an aromatic ring is 1. The number of piperidine rings is 1. The summed E-state index contributed by atoms with van der Waals surface area (Å²) in [5.41, 5.74) is 5.38. The van der Waals surface area contributed by atoms with Gasteiger partial charge in [0.25, 0.3) is 5.92 Å². The zero-order valence-corrected chi connectivity index (χ0v) is 8.59. The molecular formula is C10H12F3N3. The van der Waals surface area contributed by atoms with Gasteiger partial charge in [-0.15, -0.1) is 0 Å². The van der Waals surface area contributed by atoms with Crippen LogP contribution < -0.4 is 10.6 Å². The summed E-state index contributed by atoms with van der Waals surface area (Å²) in [6.45, 7) is 0.195. The molecule has 1 fully saturated rings. The summed E-state index contributed by atoms with van der Waals surface area (Å²) in [5.74, 6) is -3.21. The topological polar surface area (TPSA) is 42.1 Å². The fourth-order valence-electron chi connectivity index (χ4n) is 1.71. The predicted octanol–water partition coefficient (Wildman–Crippen LogP) is 2.04. The van der Waals surface area contributed by atoms with Crippen LogP contribution in [-0.4, -0.2) is 24.0 Å². The molecule has 16 heavy (non-hydrogen) atoms. The predicted molar refractivity (Wildman–Crippen MR) is 55.0 cm³/mol. The van der Waals surface area contributed by atoms with Crippen molar-refractivity contribution in [2.24, 2.45) is 0 Å². The minimum Gasteiger partial charge on any atom is -0.396 e. The van der Waals surface area contributed by atoms with Crippen molar-refractivity contribution < 1.29 is 13.2 Å². The molecule has 3 nitrogen and oxygen atoms in total. The normalized spacial score (nSPS) is 19.8. The fourth-order valence-corrected chi connectivity index (χ4v) is 1.71. The van der Waals surface area contributed by atoms with Crippen molar-refractivity contribution in [1.29, 1.82) is 0 Å². The summed E-state index contributed by atoms with van der Waals surface area (Å²) in [5, 5.41) is 0. The summed E-state index contributed by atoms with van der Waals surface area (Å²) in [6.07, 6.45) is 0.826. The quantitative estimate of drug-likeness (QED) is 0.804. The van der Waals surface area contributed by atoms with Crippen molar-refractivity contribution in [2.75, 3.05) is 23.7 Å². The molecule has 88 valence electrons. The maximum atomic E-state index is 13.6. The molecule has 0 amide bonds. The van der Waals surface area contributed by atoms with E-state index in [1.165, 1.54) is 17.2 Å². The maximum Gasteiger partial charge on any atom is 0.251 e. The van der Waals surface area contributed by atoms with Crippen molar-refractivity contribution in [3.63, 3.8) is 0 Å². The van der Waals surface area contributed by atoms with Gasteiger partial charge >= 0.3 is 0 Å². The monoisotopic (exact) mass is 231 g/mol. The Bertz CT molecular complexity index is 385. The number of rotatable bonds is 1. The molecule has 0 atom stereocenters. The molecule has 0 saturated carbocycles. The molecule has 2 heterocycles. The third kappa shape index (κ3) is 2.05. The van der Waals surface area contributed by atoms with Crippen molar-refractivity contribution in [3.05, 3.63) is 18.1 Å². The van der Waals surface area contributed by atoms with E-state index in [4.69, 9.17) is 5.73 Å². The summed E-state index contributed by atoms with van der Waals surface area (Å²) >= 11 is 0. The second-order valence-corrected chi connectivity index (χ2v) is 3.88. The van der Waals surface area contributed by atoms with E-state index in [0.29, 0.717) is 0 Å². The Morgan fingerprint density at radius 3 is 2.56 bits per heavy atom. The Hall–Kier alpha value is -1.46. The minimum absolute atomic E-state index is 0.0117. The highest BCUT2D eigenvalue weighted by molar-refractivity contribution is 5.52. The first kappa shape index (κ1) is 11.0. The molecule has 0 aliphatic carbocycles. The number of nitrogens with zero attached hydrogens (tertiary/aromatic N) is 2. The Morgan fingerprint density at radius 2 is 1.94 bits per heavy atom. The summed E-state index contributed by atoms with van der Waals surface area (Å²) < 4.78 is 39.4. The third-order valence-corrected chi connectivity index (χ3v) is 2.70. The van der Waals surface area contributed by atoms with Crippen LogP contribution in [-0.2, 0) is 0 Å². The van der Waals surface area contributed by atoms with Gasteiger partial charge in [0.05, 0.1) is 5.69 Å². The molecule has 1 saturated heterocycles. The molecule has 1 aromatic rings. The number of anilines is 2. The van der Waals surface area contributed by atoms with Crippen molar-refractivity contribution in [2.45, 2.75) is 18.8 Å². The van der Waals surface area contributed by atoms with E-state index < -0.39 is 11.7 Å². The molecule has 2 rings (SSSR count). The second kappa shape index (κ2) is 3.84. The van der Waals surface area contributed by atoms with E-state index in [2.05, 4.69) is 4.98 Å². The second-order valence-electron chi connectivity index (χ2n) is 3.88. The first-order valence-corrected chi connectivity index (χ1v) is 5.02. The molecule has 0 radical (unpaired) electrons. The highest BCUT2D eigenvalue weighted by Gasteiger charge is 2.35. The third-order valence-electron chi connectivity index (χ3n) is 2.70. The van der Waals surface area contributed by atoms with Crippen LogP contribution in [0.15, 0.2) is 12.3 Å². The van der Waals surface area contributed by atoms with Crippen LogP contribution >= 0.6 is 0 Å². The van der Waals surface area contributed by atoms with Gasteiger partial charge in [-0.1, -0.05) is 0 Å². The Labute approximate surface area is 91.1 Å². The lowest BCUT2D eigenvalue weighted by Gasteiger charge is -2.32. The molecule has 6 heteroatoms. The van der Waals surface area contributed by atoms with E-state index in [0.717, 1.165) is 0 Å². The summed E-state index contributed by atoms with van der Waals surface area (Å²) in [7, 11) is 0. The van der Waals surface area contributed by atoms with Crippen LogP contribution in [0.4, 0.5) is 24.7 Å². The van der Waals surface area contributed by atoms with Gasteiger partial charge in [-0.2, -0.15) is 0 Å². The van der Waals surface area contributed by atoms with Gasteiger partial charge in [0, 0.05) is 32.1 Å². The van der Waals surface area contributed by atoms with Gasteiger partial charge in [-0.3, -0.25) is 0 Å². The molecule has 0 aromatic carbocycles. The average molecular weight is 231 g/mol. The van der Waals surface area contributed by atoms with E-state index >= 15 is 0 Å². The molecule has 0 spiro atoms. The van der Waals surface area contributed by atoms with Gasteiger partial charge in [-0.25, -0.2) is 18.2 Å². The number of hydrogen-bond donors (Lipinski definition) is 1. The number of nitrogens with two attached hydrogens (primary N) is 1. The van der Waals surface area contributed by atoms with Crippen LogP contribution in [0.25, 0.3) is 0 Å². The SMILES string of the molecule is Nc1ccnc(N2CCC(F)(F)CC2)c1F. The van der Waals surface area contributed by atoms with Gasteiger partial charge < -0.3 is 10.6 Å². The molecule has 0 unspecified atom stereocenters. The van der Waals surface area contributed by atoms with Crippen molar-refractivity contribution >= 4 is 11.5 Å². The van der Waals surface area contributed by atoms with E-state index in [1.807, 2.05) is 0 Å². The number of alkyl halides is 2. The van der Waals surface area contributed by atoms with Crippen LogP contribution in [0, 0.1) is 5.82 Å². The molecule has 1 aliphatic heterocycles. The van der Waals surface area contributed by atoms with Gasteiger partial charge in [0.2, 0.25) is 0 Å². The number of hydrogen-bond acceptors (Lipinski definition) is 3. The smallest absolute Gasteiger partial charge is 0.251 e. The lowest BCUT2D eigenvalue weighted by Crippen LogP contribution is -2.40. The Kier molecular flexibility index (Phi) is 2.65. The fraction of sp³-hybridized carbons (Fsp3) is 0.500. The van der Waals surface area contributed by atoms with E-state index in [1.54, 1.807) is 0 Å². The first-order chi connectivity index (χ1) is 7.49. The minimum atomic E-state index is -2.65. The first-order valence-electron chi connectivity index (χ1n) is 5.02. The van der Waals surface area contributed by atoms with Crippen LogP contribution in [0.2, 0.25) is 0 Å². The summed E-state index contributed by atoms with van der Waals surface area (Å²) in [4.78, 5) is 5.34. The standard InChI is InChI=1S/C10H12F3N3/c11-8-7(14)1-4-15-9(8)16-5-2-10(12,13)3-6-16/h1,4H,2-3,5-6H2,(H2,14,15). The highest BCUT2D eigenvalue weighted by atomic mass is 19.3. The van der Waals surface area contributed by atoms with Crippen LogP contribution in [0.1, 0.15) is 12.8 Å². The largest absolute Gasteiger partial charge is 0.396 e.